The molecule has 2 aromatic heterocycles. The van der Waals surface area contributed by atoms with Crippen molar-refractivity contribution in [3.63, 3.8) is 0 Å². The fourth-order valence-corrected chi connectivity index (χ4v) is 4.45. The Morgan fingerprint density at radius 3 is 2.93 bits per heavy atom. The summed E-state index contributed by atoms with van der Waals surface area (Å²) in [5.41, 5.74) is 13.3. The summed E-state index contributed by atoms with van der Waals surface area (Å²) < 4.78 is 1.94. The van der Waals surface area contributed by atoms with E-state index in [-0.39, 0.29) is 6.04 Å². The van der Waals surface area contributed by atoms with Crippen LogP contribution in [0.5, 0.6) is 0 Å². The zero-order valence-electron chi connectivity index (χ0n) is 15.8. The first-order chi connectivity index (χ1) is 14.1. The highest BCUT2D eigenvalue weighted by Crippen LogP contribution is 2.31. The zero-order valence-corrected chi connectivity index (χ0v) is 17.4. The summed E-state index contributed by atoms with van der Waals surface area (Å²) in [6.07, 6.45) is 2.83. The van der Waals surface area contributed by atoms with E-state index in [4.69, 9.17) is 11.6 Å². The predicted octanol–water partition coefficient (Wildman–Crippen LogP) is 3.89. The molecule has 5 N–H and O–H groups in total. The molecule has 0 amide bonds. The van der Waals surface area contributed by atoms with Crippen LogP contribution >= 0.6 is 23.4 Å². The van der Waals surface area contributed by atoms with Crippen molar-refractivity contribution < 1.29 is 5.73 Å². The molecule has 5 rings (SSSR count). The second-order valence-corrected chi connectivity index (χ2v) is 8.41. The van der Waals surface area contributed by atoms with Crippen LogP contribution in [0.25, 0.3) is 16.6 Å². The van der Waals surface area contributed by atoms with Crippen molar-refractivity contribution in [1.82, 2.24) is 19.9 Å². The van der Waals surface area contributed by atoms with Crippen LogP contribution in [0.1, 0.15) is 28.6 Å². The molecule has 2 aromatic carbocycles. The molecule has 1 aliphatic heterocycles. The Labute approximate surface area is 177 Å². The van der Waals surface area contributed by atoms with E-state index in [9.17, 15) is 0 Å². The lowest BCUT2D eigenvalue weighted by molar-refractivity contribution is -0.428. The van der Waals surface area contributed by atoms with E-state index < -0.39 is 0 Å². The Morgan fingerprint density at radius 2 is 2.07 bits per heavy atom. The smallest absolute Gasteiger partial charge is 0.214 e. The van der Waals surface area contributed by atoms with Crippen LogP contribution in [0.15, 0.2) is 59.2 Å². The lowest BCUT2D eigenvalue weighted by atomic mass is 10.1. The molecule has 0 unspecified atom stereocenters. The van der Waals surface area contributed by atoms with Crippen molar-refractivity contribution in [3.05, 3.63) is 81.6 Å². The zero-order chi connectivity index (χ0) is 20.0. The molecule has 0 bridgehead atoms. The van der Waals surface area contributed by atoms with Gasteiger partial charge in [0.1, 0.15) is 0 Å². The molecule has 0 saturated heterocycles. The number of thioether (sulfide) groups is 1. The van der Waals surface area contributed by atoms with Gasteiger partial charge in [-0.15, -0.1) is 10.2 Å². The maximum absolute atomic E-state index is 6.18. The minimum Gasteiger partial charge on any atom is -0.361 e. The fraction of sp³-hybridized carbons (Fsp3) is 0.143. The molecule has 1 aliphatic rings. The fourth-order valence-electron chi connectivity index (χ4n) is 3.59. The number of aryl methyl sites for hydroxylation is 1. The van der Waals surface area contributed by atoms with Gasteiger partial charge < -0.3 is 10.7 Å². The summed E-state index contributed by atoms with van der Waals surface area (Å²) in [4.78, 5) is 3.33. The van der Waals surface area contributed by atoms with Crippen LogP contribution in [0, 0.1) is 6.92 Å². The topological polar surface area (TPSA) is 86.2 Å². The standard InChI is InChI=1S/C21H19ClN6S/c1-12-8-13(6-7-16(12)22)19-11-29-21-26-25-20(28(21)27-19)17(23)9-14-10-24-18-5-3-2-4-15(14)18/h2-8,10-11,17,24,27H,9,23H2,1H3/p+1/t17-/m0/s1. The third kappa shape index (κ3) is 3.31. The summed E-state index contributed by atoms with van der Waals surface area (Å²) >= 11 is 7.73. The van der Waals surface area contributed by atoms with Gasteiger partial charge in [0.15, 0.2) is 6.04 Å². The molecular formula is C21H20ClN6S+. The normalized spacial score (nSPS) is 14.4. The molecule has 29 heavy (non-hydrogen) atoms. The number of aromatic amines is 1. The molecule has 0 fully saturated rings. The number of benzene rings is 2. The maximum atomic E-state index is 6.18. The number of nitrogens with one attached hydrogen (secondary N) is 2. The van der Waals surface area contributed by atoms with E-state index >= 15 is 0 Å². The number of fused-ring (bicyclic) bond motifs is 2. The van der Waals surface area contributed by atoms with Crippen molar-refractivity contribution in [2.45, 2.75) is 24.5 Å². The molecule has 6 nitrogen and oxygen atoms in total. The molecular weight excluding hydrogens is 404 g/mol. The summed E-state index contributed by atoms with van der Waals surface area (Å²) in [5, 5.41) is 13.6. The van der Waals surface area contributed by atoms with Crippen LogP contribution in [-0.2, 0) is 6.42 Å². The molecule has 0 saturated carbocycles. The van der Waals surface area contributed by atoms with Crippen LogP contribution in [0.2, 0.25) is 5.02 Å². The lowest BCUT2D eigenvalue weighted by Gasteiger charge is -2.20. The Hall–Kier alpha value is -2.74. The molecule has 0 aliphatic carbocycles. The third-order valence-corrected chi connectivity index (χ3v) is 6.40. The van der Waals surface area contributed by atoms with E-state index in [1.807, 2.05) is 35.2 Å². The number of nitrogens with zero attached hydrogens (tertiary/aromatic N) is 3. The van der Waals surface area contributed by atoms with Gasteiger partial charge in [-0.25, -0.2) is 4.68 Å². The van der Waals surface area contributed by atoms with E-state index in [1.165, 1.54) is 10.9 Å². The van der Waals surface area contributed by atoms with Crippen LogP contribution in [-0.4, -0.2) is 19.9 Å². The highest BCUT2D eigenvalue weighted by molar-refractivity contribution is 8.02. The van der Waals surface area contributed by atoms with Gasteiger partial charge >= 0.3 is 0 Å². The summed E-state index contributed by atoms with van der Waals surface area (Å²) in [6.45, 7) is 2.01. The van der Waals surface area contributed by atoms with Gasteiger partial charge in [0.25, 0.3) is 0 Å². The summed E-state index contributed by atoms with van der Waals surface area (Å²) in [5.74, 6) is 0.814. The highest BCUT2D eigenvalue weighted by atomic mass is 35.5. The van der Waals surface area contributed by atoms with Crippen molar-refractivity contribution >= 4 is 40.0 Å². The quantitative estimate of drug-likeness (QED) is 0.464. The largest absolute Gasteiger partial charge is 0.361 e. The van der Waals surface area contributed by atoms with Crippen LogP contribution in [0.4, 0.5) is 0 Å². The number of aromatic nitrogens is 4. The minimum absolute atomic E-state index is 0.0464. The number of hydrogen-bond donors (Lipinski definition) is 3. The van der Waals surface area contributed by atoms with E-state index in [2.05, 4.69) is 56.8 Å². The van der Waals surface area contributed by atoms with Gasteiger partial charge in [0.05, 0.1) is 5.70 Å². The SMILES string of the molecule is Cc1cc(C2=CSc3nnc([C@@H]([NH3+])Cc4c[nH]c5ccccc45)n3N2)ccc1Cl. The minimum atomic E-state index is -0.0464. The summed E-state index contributed by atoms with van der Waals surface area (Å²) in [6, 6.07) is 14.3. The number of para-hydroxylation sites is 1. The van der Waals surface area contributed by atoms with Crippen molar-refractivity contribution in [2.24, 2.45) is 0 Å². The average Bonchev–Trinajstić information content (AvgIpc) is 3.34. The van der Waals surface area contributed by atoms with Gasteiger partial charge in [-0.2, -0.15) is 0 Å². The molecule has 0 radical (unpaired) electrons. The summed E-state index contributed by atoms with van der Waals surface area (Å²) in [7, 11) is 0. The van der Waals surface area contributed by atoms with E-state index in [1.54, 1.807) is 11.8 Å². The van der Waals surface area contributed by atoms with E-state index in [0.717, 1.165) is 44.8 Å². The number of quaternary nitrogens is 1. The number of halogens is 1. The third-order valence-electron chi connectivity index (χ3n) is 5.15. The molecule has 146 valence electrons. The molecule has 0 spiro atoms. The second kappa shape index (κ2) is 7.26. The Kier molecular flexibility index (Phi) is 4.58. The van der Waals surface area contributed by atoms with E-state index in [0.29, 0.717) is 0 Å². The first-order valence-electron chi connectivity index (χ1n) is 9.34. The molecule has 1 atom stereocenters. The molecule has 4 aromatic rings. The Bertz CT molecular complexity index is 1240. The van der Waals surface area contributed by atoms with Crippen molar-refractivity contribution in [3.8, 4) is 0 Å². The number of hydrogen-bond acceptors (Lipinski definition) is 4. The van der Waals surface area contributed by atoms with Crippen molar-refractivity contribution in [1.29, 1.82) is 0 Å². The number of rotatable bonds is 4. The van der Waals surface area contributed by atoms with Crippen LogP contribution < -0.4 is 11.2 Å². The maximum Gasteiger partial charge on any atom is 0.214 e. The molecule has 8 heteroatoms. The highest BCUT2D eigenvalue weighted by Gasteiger charge is 2.25. The predicted molar refractivity (Wildman–Crippen MR) is 117 cm³/mol. The second-order valence-electron chi connectivity index (χ2n) is 7.16. The molecule has 3 heterocycles. The number of H-pyrrole nitrogens is 1. The van der Waals surface area contributed by atoms with Gasteiger partial charge in [0, 0.05) is 39.5 Å². The monoisotopic (exact) mass is 423 g/mol. The lowest BCUT2D eigenvalue weighted by Crippen LogP contribution is -2.56. The average molecular weight is 424 g/mol. The Morgan fingerprint density at radius 1 is 1.21 bits per heavy atom. The van der Waals surface area contributed by atoms with Gasteiger partial charge in [-0.05, 0) is 36.2 Å². The first-order valence-corrected chi connectivity index (χ1v) is 10.6. The van der Waals surface area contributed by atoms with Gasteiger partial charge in [-0.1, -0.05) is 47.6 Å². The van der Waals surface area contributed by atoms with Gasteiger partial charge in [0.2, 0.25) is 11.0 Å². The van der Waals surface area contributed by atoms with Gasteiger partial charge in [-0.3, -0.25) is 5.43 Å². The van der Waals surface area contributed by atoms with Crippen LogP contribution in [0.3, 0.4) is 0 Å². The first kappa shape index (κ1) is 18.3. The Balaban J connectivity index is 1.42. The van der Waals surface area contributed by atoms with Crippen molar-refractivity contribution in [2.75, 3.05) is 5.43 Å².